The molecule has 0 bridgehead atoms. The van der Waals surface area contributed by atoms with Gasteiger partial charge in [0.1, 0.15) is 5.82 Å². The summed E-state index contributed by atoms with van der Waals surface area (Å²) in [6, 6.07) is 5.35. The topological polar surface area (TPSA) is 24.1 Å². The highest BCUT2D eigenvalue weighted by Gasteiger charge is 2.17. The van der Waals surface area contributed by atoms with Crippen molar-refractivity contribution in [2.24, 2.45) is 0 Å². The third kappa shape index (κ3) is 1.97. The van der Waals surface area contributed by atoms with Crippen molar-refractivity contribution >= 4 is 15.9 Å². The Kier molecular flexibility index (Phi) is 3.15. The molecule has 76 valence electrons. The summed E-state index contributed by atoms with van der Waals surface area (Å²) >= 11 is 3.27. The molecule has 1 aromatic rings. The Labute approximate surface area is 91.0 Å². The molecule has 0 aromatic heterocycles. The smallest absolute Gasteiger partial charge is 0.137 e. The van der Waals surface area contributed by atoms with Crippen LogP contribution in [0.1, 0.15) is 11.6 Å². The van der Waals surface area contributed by atoms with Crippen molar-refractivity contribution in [2.45, 2.75) is 6.04 Å². The molecule has 0 spiro atoms. The minimum atomic E-state index is -0.199. The second-order valence-electron chi connectivity index (χ2n) is 3.35. The van der Waals surface area contributed by atoms with Gasteiger partial charge in [-0.15, -0.1) is 0 Å². The minimum absolute atomic E-state index is 0.199. The molecule has 4 heteroatoms. The number of piperazine rings is 1. The first-order chi connectivity index (χ1) is 6.79. The molecule has 1 saturated heterocycles. The quantitative estimate of drug-likeness (QED) is 0.803. The van der Waals surface area contributed by atoms with Crippen LogP contribution >= 0.6 is 15.9 Å². The van der Waals surface area contributed by atoms with Crippen LogP contribution < -0.4 is 10.6 Å². The van der Waals surface area contributed by atoms with Crippen LogP contribution in [0.15, 0.2) is 22.7 Å². The fourth-order valence-electron chi connectivity index (χ4n) is 1.66. The van der Waals surface area contributed by atoms with Crippen molar-refractivity contribution in [1.82, 2.24) is 10.6 Å². The molecule has 0 radical (unpaired) electrons. The van der Waals surface area contributed by atoms with Crippen LogP contribution in [0.3, 0.4) is 0 Å². The average Bonchev–Trinajstić information content (AvgIpc) is 2.23. The molecule has 1 aliphatic heterocycles. The van der Waals surface area contributed by atoms with Gasteiger partial charge in [-0.3, -0.25) is 0 Å². The van der Waals surface area contributed by atoms with Gasteiger partial charge in [0.2, 0.25) is 0 Å². The van der Waals surface area contributed by atoms with Crippen molar-refractivity contribution in [1.29, 1.82) is 0 Å². The van der Waals surface area contributed by atoms with E-state index in [1.54, 1.807) is 6.07 Å². The number of nitrogens with one attached hydrogen (secondary N) is 2. The average molecular weight is 259 g/mol. The van der Waals surface area contributed by atoms with Gasteiger partial charge in [-0.25, -0.2) is 4.39 Å². The number of benzene rings is 1. The number of rotatable bonds is 1. The van der Waals surface area contributed by atoms with E-state index in [1.165, 1.54) is 6.07 Å². The van der Waals surface area contributed by atoms with E-state index in [2.05, 4.69) is 26.6 Å². The standard InChI is InChI=1S/C10H12BrFN2/c11-10-7(2-1-3-8(10)12)9-6-13-4-5-14-9/h1-3,9,13-14H,4-6H2/t9-/m1/s1. The molecule has 0 saturated carbocycles. The molecule has 1 aliphatic rings. The maximum atomic E-state index is 13.2. The SMILES string of the molecule is Fc1cccc([C@H]2CNCCN2)c1Br. The lowest BCUT2D eigenvalue weighted by molar-refractivity contribution is 0.427. The Hall–Kier alpha value is -0.450. The first-order valence-corrected chi connectivity index (χ1v) is 5.46. The van der Waals surface area contributed by atoms with Crippen LogP contribution in [-0.4, -0.2) is 19.6 Å². The van der Waals surface area contributed by atoms with Crippen molar-refractivity contribution in [3.05, 3.63) is 34.1 Å². The molecule has 1 fully saturated rings. The van der Waals surface area contributed by atoms with Crippen molar-refractivity contribution in [3.63, 3.8) is 0 Å². The maximum Gasteiger partial charge on any atom is 0.137 e. The normalized spacial score (nSPS) is 22.3. The number of hydrogen-bond acceptors (Lipinski definition) is 2. The fourth-order valence-corrected chi connectivity index (χ4v) is 2.20. The third-order valence-corrected chi connectivity index (χ3v) is 3.23. The van der Waals surface area contributed by atoms with E-state index >= 15 is 0 Å². The Morgan fingerprint density at radius 1 is 1.36 bits per heavy atom. The summed E-state index contributed by atoms with van der Waals surface area (Å²) in [6.45, 7) is 2.75. The van der Waals surface area contributed by atoms with Crippen LogP contribution in [0.2, 0.25) is 0 Å². The predicted octanol–water partition coefficient (Wildman–Crippen LogP) is 1.82. The first kappa shape index (κ1) is 10.1. The zero-order chi connectivity index (χ0) is 9.97. The van der Waals surface area contributed by atoms with E-state index in [0.717, 1.165) is 25.2 Å². The highest BCUT2D eigenvalue weighted by molar-refractivity contribution is 9.10. The lowest BCUT2D eigenvalue weighted by atomic mass is 10.1. The van der Waals surface area contributed by atoms with Gasteiger partial charge in [0.15, 0.2) is 0 Å². The molecular weight excluding hydrogens is 247 g/mol. The molecule has 1 atom stereocenters. The first-order valence-electron chi connectivity index (χ1n) is 4.67. The van der Waals surface area contributed by atoms with Crippen LogP contribution in [0, 0.1) is 5.82 Å². The number of halogens is 2. The van der Waals surface area contributed by atoms with Crippen molar-refractivity contribution < 1.29 is 4.39 Å². The molecule has 2 nitrogen and oxygen atoms in total. The monoisotopic (exact) mass is 258 g/mol. The van der Waals surface area contributed by atoms with Crippen LogP contribution in [0.5, 0.6) is 0 Å². The van der Waals surface area contributed by atoms with E-state index in [0.29, 0.717) is 4.47 Å². The Morgan fingerprint density at radius 3 is 2.93 bits per heavy atom. The minimum Gasteiger partial charge on any atom is -0.314 e. The highest BCUT2D eigenvalue weighted by atomic mass is 79.9. The summed E-state index contributed by atoms with van der Waals surface area (Å²) in [4.78, 5) is 0. The zero-order valence-corrected chi connectivity index (χ0v) is 9.27. The van der Waals surface area contributed by atoms with Gasteiger partial charge in [-0.05, 0) is 27.6 Å². The van der Waals surface area contributed by atoms with Gasteiger partial charge in [0, 0.05) is 25.7 Å². The van der Waals surface area contributed by atoms with E-state index in [4.69, 9.17) is 0 Å². The Balaban J connectivity index is 2.26. The highest BCUT2D eigenvalue weighted by Crippen LogP contribution is 2.26. The molecule has 0 aliphatic carbocycles. The van der Waals surface area contributed by atoms with E-state index in [1.807, 2.05) is 6.07 Å². The second-order valence-corrected chi connectivity index (χ2v) is 4.15. The van der Waals surface area contributed by atoms with E-state index < -0.39 is 0 Å². The number of hydrogen-bond donors (Lipinski definition) is 2. The van der Waals surface area contributed by atoms with Gasteiger partial charge in [-0.1, -0.05) is 12.1 Å². The predicted molar refractivity (Wildman–Crippen MR) is 57.7 cm³/mol. The fraction of sp³-hybridized carbons (Fsp3) is 0.400. The lowest BCUT2D eigenvalue weighted by Gasteiger charge is -2.25. The molecule has 0 unspecified atom stereocenters. The zero-order valence-electron chi connectivity index (χ0n) is 7.69. The molecule has 2 N–H and O–H groups in total. The molecular formula is C10H12BrFN2. The van der Waals surface area contributed by atoms with Gasteiger partial charge in [0.05, 0.1) is 4.47 Å². The second kappa shape index (κ2) is 4.38. The van der Waals surface area contributed by atoms with Crippen molar-refractivity contribution in [2.75, 3.05) is 19.6 Å². The molecule has 1 aromatic carbocycles. The largest absolute Gasteiger partial charge is 0.314 e. The summed E-state index contributed by atoms with van der Waals surface area (Å²) in [5, 5.41) is 6.62. The van der Waals surface area contributed by atoms with Crippen molar-refractivity contribution in [3.8, 4) is 0 Å². The summed E-state index contributed by atoms with van der Waals surface area (Å²) in [7, 11) is 0. The molecule has 14 heavy (non-hydrogen) atoms. The van der Waals surface area contributed by atoms with Gasteiger partial charge in [0.25, 0.3) is 0 Å². The third-order valence-electron chi connectivity index (χ3n) is 2.40. The van der Waals surface area contributed by atoms with E-state index in [-0.39, 0.29) is 11.9 Å². The Bertz CT molecular complexity index is 324. The summed E-state index contributed by atoms with van der Waals surface area (Å²) in [6.07, 6.45) is 0. The van der Waals surface area contributed by atoms with Crippen LogP contribution in [0.25, 0.3) is 0 Å². The molecule has 0 amide bonds. The van der Waals surface area contributed by atoms with Crippen LogP contribution in [0.4, 0.5) is 4.39 Å². The lowest BCUT2D eigenvalue weighted by Crippen LogP contribution is -2.42. The van der Waals surface area contributed by atoms with Gasteiger partial charge in [-0.2, -0.15) is 0 Å². The Morgan fingerprint density at radius 2 is 2.21 bits per heavy atom. The maximum absolute atomic E-state index is 13.2. The molecule has 2 rings (SSSR count). The van der Waals surface area contributed by atoms with Gasteiger partial charge < -0.3 is 10.6 Å². The summed E-state index contributed by atoms with van der Waals surface area (Å²) in [5.74, 6) is -0.199. The van der Waals surface area contributed by atoms with Crippen LogP contribution in [-0.2, 0) is 0 Å². The van der Waals surface area contributed by atoms with E-state index in [9.17, 15) is 4.39 Å². The summed E-state index contributed by atoms with van der Waals surface area (Å²) in [5.41, 5.74) is 0.984. The summed E-state index contributed by atoms with van der Waals surface area (Å²) < 4.78 is 13.8. The molecule has 1 heterocycles. The van der Waals surface area contributed by atoms with Gasteiger partial charge >= 0.3 is 0 Å².